The summed E-state index contributed by atoms with van der Waals surface area (Å²) in [6.45, 7) is 2.36. The van der Waals surface area contributed by atoms with E-state index in [9.17, 15) is 32.9 Å². The van der Waals surface area contributed by atoms with E-state index < -0.39 is 35.2 Å². The number of carbonyl (C=O) groups excluding carboxylic acids is 2. The van der Waals surface area contributed by atoms with Crippen LogP contribution >= 0.6 is 11.3 Å². The zero-order valence-corrected chi connectivity index (χ0v) is 18.8. The first-order valence-electron chi connectivity index (χ1n) is 9.75. The SMILES string of the molecule is Cc1nn(CC(=O)Nc2c(C(N)=O)sc3nc(C(F)(F)F)cc(-c4ccco4)c23)c(C)c1[N+](=O)[O-]. The summed E-state index contributed by atoms with van der Waals surface area (Å²) >= 11 is 0.582. The molecular formula is C20H15F3N6O5S. The van der Waals surface area contributed by atoms with Crippen LogP contribution in [0.2, 0.25) is 0 Å². The zero-order valence-electron chi connectivity index (χ0n) is 18.0. The number of hydrogen-bond donors (Lipinski definition) is 2. The lowest BCUT2D eigenvalue weighted by atomic mass is 10.1. The van der Waals surface area contributed by atoms with Crippen LogP contribution < -0.4 is 11.1 Å². The quantitative estimate of drug-likeness (QED) is 0.294. The van der Waals surface area contributed by atoms with Gasteiger partial charge in [-0.2, -0.15) is 18.3 Å². The third-order valence-corrected chi connectivity index (χ3v) is 6.14. The van der Waals surface area contributed by atoms with E-state index in [0.29, 0.717) is 11.3 Å². The number of pyridine rings is 1. The molecule has 0 saturated carbocycles. The van der Waals surface area contributed by atoms with Crippen molar-refractivity contribution in [2.75, 3.05) is 5.32 Å². The lowest BCUT2D eigenvalue weighted by Gasteiger charge is -2.11. The number of halogens is 3. The van der Waals surface area contributed by atoms with Crippen LogP contribution in [0, 0.1) is 24.0 Å². The number of furan rings is 1. The number of anilines is 1. The van der Waals surface area contributed by atoms with Crippen molar-refractivity contribution in [2.45, 2.75) is 26.6 Å². The van der Waals surface area contributed by atoms with Gasteiger partial charge in [0.1, 0.15) is 39.1 Å². The number of nitrogens with two attached hydrogens (primary N) is 1. The molecule has 3 N–H and O–H groups in total. The number of alkyl halides is 3. The molecule has 0 fully saturated rings. The van der Waals surface area contributed by atoms with Crippen LogP contribution in [0.5, 0.6) is 0 Å². The smallest absolute Gasteiger partial charge is 0.433 e. The van der Waals surface area contributed by atoms with Gasteiger partial charge in [0, 0.05) is 10.9 Å². The van der Waals surface area contributed by atoms with Gasteiger partial charge in [-0.15, -0.1) is 11.3 Å². The second kappa shape index (κ2) is 8.50. The minimum atomic E-state index is -4.79. The molecule has 4 heterocycles. The molecular weight excluding hydrogens is 493 g/mol. The molecule has 182 valence electrons. The first kappa shape index (κ1) is 23.9. The molecule has 2 amide bonds. The molecule has 0 unspecified atom stereocenters. The third kappa shape index (κ3) is 4.32. The van der Waals surface area contributed by atoms with E-state index >= 15 is 0 Å². The van der Waals surface area contributed by atoms with Crippen molar-refractivity contribution in [2.24, 2.45) is 5.73 Å². The molecule has 4 aromatic rings. The van der Waals surface area contributed by atoms with Gasteiger partial charge in [-0.1, -0.05) is 0 Å². The highest BCUT2D eigenvalue weighted by molar-refractivity contribution is 7.21. The Morgan fingerprint density at radius 1 is 1.34 bits per heavy atom. The number of aryl methyl sites for hydroxylation is 1. The van der Waals surface area contributed by atoms with Gasteiger partial charge < -0.3 is 15.5 Å². The largest absolute Gasteiger partial charge is 0.464 e. The number of fused-ring (bicyclic) bond motifs is 1. The van der Waals surface area contributed by atoms with Gasteiger partial charge in [0.05, 0.1) is 16.9 Å². The van der Waals surface area contributed by atoms with Crippen LogP contribution in [0.4, 0.5) is 24.5 Å². The highest BCUT2D eigenvalue weighted by Gasteiger charge is 2.35. The van der Waals surface area contributed by atoms with Gasteiger partial charge in [0.2, 0.25) is 5.91 Å². The number of amides is 2. The van der Waals surface area contributed by atoms with Crippen molar-refractivity contribution in [3.8, 4) is 11.3 Å². The van der Waals surface area contributed by atoms with Crippen LogP contribution in [0.3, 0.4) is 0 Å². The highest BCUT2D eigenvalue weighted by atomic mass is 32.1. The highest BCUT2D eigenvalue weighted by Crippen LogP contribution is 2.43. The summed E-state index contributed by atoms with van der Waals surface area (Å²) < 4.78 is 46.8. The number of nitro groups is 1. The van der Waals surface area contributed by atoms with Crippen molar-refractivity contribution in [1.29, 1.82) is 0 Å². The Hall–Kier alpha value is -4.27. The van der Waals surface area contributed by atoms with Gasteiger partial charge >= 0.3 is 11.9 Å². The number of primary amides is 1. The van der Waals surface area contributed by atoms with E-state index in [0.717, 1.165) is 10.7 Å². The summed E-state index contributed by atoms with van der Waals surface area (Å²) in [5, 5.41) is 17.7. The minimum absolute atomic E-state index is 0.0273. The normalized spacial score (nSPS) is 11.7. The fourth-order valence-corrected chi connectivity index (χ4v) is 4.59. The minimum Gasteiger partial charge on any atom is -0.464 e. The maximum atomic E-state index is 13.5. The Labute approximate surface area is 197 Å². The molecule has 0 aliphatic rings. The van der Waals surface area contributed by atoms with Crippen LogP contribution in [0.15, 0.2) is 28.9 Å². The van der Waals surface area contributed by atoms with E-state index in [2.05, 4.69) is 15.4 Å². The van der Waals surface area contributed by atoms with Gasteiger partial charge in [-0.3, -0.25) is 24.4 Å². The predicted octanol–water partition coefficient (Wildman–Crippen LogP) is 4.03. The summed E-state index contributed by atoms with van der Waals surface area (Å²) in [6.07, 6.45) is -3.54. The van der Waals surface area contributed by atoms with Crippen LogP contribution in [0.1, 0.15) is 26.8 Å². The molecule has 0 atom stereocenters. The first-order chi connectivity index (χ1) is 16.4. The van der Waals surface area contributed by atoms with E-state index in [1.54, 1.807) is 0 Å². The number of nitrogens with one attached hydrogen (secondary N) is 1. The molecule has 0 bridgehead atoms. The average Bonchev–Trinajstić information content (AvgIpc) is 3.45. The topological polar surface area (TPSA) is 159 Å². The lowest BCUT2D eigenvalue weighted by molar-refractivity contribution is -0.386. The molecule has 4 rings (SSSR count). The van der Waals surface area contributed by atoms with Gasteiger partial charge in [-0.25, -0.2) is 4.98 Å². The zero-order chi connectivity index (χ0) is 25.7. The number of carbonyl (C=O) groups is 2. The van der Waals surface area contributed by atoms with Gasteiger partial charge in [0.25, 0.3) is 5.91 Å². The number of hydrogen-bond acceptors (Lipinski definition) is 8. The average molecular weight is 508 g/mol. The van der Waals surface area contributed by atoms with E-state index in [1.807, 2.05) is 0 Å². The van der Waals surface area contributed by atoms with Crippen LogP contribution in [0.25, 0.3) is 21.5 Å². The monoisotopic (exact) mass is 508 g/mol. The summed E-state index contributed by atoms with van der Waals surface area (Å²) in [6, 6.07) is 3.63. The van der Waals surface area contributed by atoms with Crippen molar-refractivity contribution in [3.63, 3.8) is 0 Å². The van der Waals surface area contributed by atoms with E-state index in [4.69, 9.17) is 10.2 Å². The Bertz CT molecular complexity index is 1490. The summed E-state index contributed by atoms with van der Waals surface area (Å²) in [4.78, 5) is 38.7. The summed E-state index contributed by atoms with van der Waals surface area (Å²) in [7, 11) is 0. The van der Waals surface area contributed by atoms with E-state index in [-0.39, 0.29) is 49.2 Å². The molecule has 0 aliphatic carbocycles. The molecule has 0 aliphatic heterocycles. The Morgan fingerprint density at radius 3 is 2.60 bits per heavy atom. The van der Waals surface area contributed by atoms with Gasteiger partial charge in [0.15, 0.2) is 0 Å². The van der Waals surface area contributed by atoms with Gasteiger partial charge in [-0.05, 0) is 32.0 Å². The van der Waals surface area contributed by atoms with Crippen LogP contribution in [-0.2, 0) is 17.5 Å². The molecule has 4 aromatic heterocycles. The number of thiophene rings is 1. The fraction of sp³-hybridized carbons (Fsp3) is 0.200. The van der Waals surface area contributed by atoms with Crippen molar-refractivity contribution in [3.05, 3.63) is 56.5 Å². The Morgan fingerprint density at radius 2 is 2.06 bits per heavy atom. The maximum absolute atomic E-state index is 13.5. The maximum Gasteiger partial charge on any atom is 0.433 e. The second-order valence-electron chi connectivity index (χ2n) is 7.36. The predicted molar refractivity (Wildman–Crippen MR) is 118 cm³/mol. The molecule has 35 heavy (non-hydrogen) atoms. The lowest BCUT2D eigenvalue weighted by Crippen LogP contribution is -2.22. The Balaban J connectivity index is 1.83. The van der Waals surface area contributed by atoms with Crippen molar-refractivity contribution >= 4 is 44.7 Å². The summed E-state index contributed by atoms with van der Waals surface area (Å²) in [5.74, 6) is -1.71. The molecule has 0 radical (unpaired) electrons. The fourth-order valence-electron chi connectivity index (χ4n) is 3.58. The Kier molecular flexibility index (Phi) is 5.80. The number of aromatic nitrogens is 3. The number of nitrogens with zero attached hydrogens (tertiary/aromatic N) is 4. The second-order valence-corrected chi connectivity index (χ2v) is 8.36. The van der Waals surface area contributed by atoms with Crippen molar-refractivity contribution < 1.29 is 32.1 Å². The summed E-state index contributed by atoms with van der Waals surface area (Å²) in [5.41, 5.74) is 3.98. The molecule has 0 saturated heterocycles. The molecule has 15 heteroatoms. The third-order valence-electron chi connectivity index (χ3n) is 5.05. The standard InChI is InChI=1S/C20H15F3N6O5S/c1-8-16(29(32)33)9(2)28(27-8)7-13(30)26-15-14-10(11-4-3-5-34-11)6-12(20(21,22)23)25-19(14)35-17(15)18(24)31/h3-6H,7H2,1-2H3,(H2,24,31)(H,26,30). The van der Waals surface area contributed by atoms with Crippen LogP contribution in [-0.4, -0.2) is 31.5 Å². The van der Waals surface area contributed by atoms with Crippen molar-refractivity contribution in [1.82, 2.24) is 14.8 Å². The molecule has 0 aromatic carbocycles. The first-order valence-corrected chi connectivity index (χ1v) is 10.6. The van der Waals surface area contributed by atoms with E-state index in [1.165, 1.54) is 32.2 Å². The molecule has 0 spiro atoms. The number of rotatable bonds is 6. The molecule has 11 nitrogen and oxygen atoms in total.